The van der Waals surface area contributed by atoms with Crippen LogP contribution in [-0.4, -0.2) is 74.1 Å². The minimum atomic E-state index is -4.69. The molecule has 0 unspecified atom stereocenters. The molecule has 3 aromatic rings. The number of piperidine rings is 1. The number of aromatic nitrogens is 4. The standard InChI is InChI=1S/C25H27ClF3N7O2/c1-15(37)34-10-7-16(8-11-34)24(38)33(2)23(25(27,28)29)17-5-6-21(30-13-17)35-9-3-4-18-19(35)14-31-22-12-20(26)32-36(18)22/h5-6,12-14,16,23H,3-4,7-11H2,1-2H3/t23-/m0/s1. The van der Waals surface area contributed by atoms with Crippen LogP contribution in [0, 0.1) is 5.92 Å². The number of aryl methyl sites for hydroxylation is 1. The second kappa shape index (κ2) is 10.0. The van der Waals surface area contributed by atoms with Crippen molar-refractivity contribution in [3.63, 3.8) is 0 Å². The first-order valence-electron chi connectivity index (χ1n) is 12.4. The fourth-order valence-electron chi connectivity index (χ4n) is 5.37. The van der Waals surface area contributed by atoms with E-state index in [1.165, 1.54) is 32.3 Å². The summed E-state index contributed by atoms with van der Waals surface area (Å²) >= 11 is 6.05. The summed E-state index contributed by atoms with van der Waals surface area (Å²) in [7, 11) is 1.18. The number of amides is 2. The number of carbonyl (C=O) groups is 2. The predicted octanol–water partition coefficient (Wildman–Crippen LogP) is 4.18. The number of hydrogen-bond acceptors (Lipinski definition) is 6. The third kappa shape index (κ3) is 4.89. The third-order valence-corrected chi connectivity index (χ3v) is 7.50. The molecule has 0 aliphatic carbocycles. The molecule has 0 spiro atoms. The molecule has 1 saturated heterocycles. The highest BCUT2D eigenvalue weighted by Gasteiger charge is 2.46. The smallest absolute Gasteiger partial charge is 0.343 e. The fraction of sp³-hybridized carbons (Fsp3) is 0.480. The number of halogens is 4. The van der Waals surface area contributed by atoms with Gasteiger partial charge in [0.2, 0.25) is 11.8 Å². The Morgan fingerprint density at radius 2 is 1.87 bits per heavy atom. The summed E-state index contributed by atoms with van der Waals surface area (Å²) in [5, 5.41) is 4.62. The van der Waals surface area contributed by atoms with Crippen LogP contribution in [0.15, 0.2) is 30.6 Å². The Bertz CT molecular complexity index is 1350. The van der Waals surface area contributed by atoms with E-state index in [9.17, 15) is 22.8 Å². The molecular formula is C25H27ClF3N7O2. The van der Waals surface area contributed by atoms with Gasteiger partial charge in [-0.15, -0.1) is 0 Å². The third-order valence-electron chi connectivity index (χ3n) is 7.31. The maximum absolute atomic E-state index is 14.2. The highest BCUT2D eigenvalue weighted by Crippen LogP contribution is 2.39. The van der Waals surface area contributed by atoms with Gasteiger partial charge in [0.1, 0.15) is 5.82 Å². The number of nitrogens with zero attached hydrogens (tertiary/aromatic N) is 7. The van der Waals surface area contributed by atoms with Crippen molar-refractivity contribution in [1.29, 1.82) is 0 Å². The van der Waals surface area contributed by atoms with E-state index in [4.69, 9.17) is 11.6 Å². The number of fused-ring (bicyclic) bond motifs is 3. The van der Waals surface area contributed by atoms with E-state index in [2.05, 4.69) is 15.1 Å². The molecule has 5 rings (SSSR count). The van der Waals surface area contributed by atoms with Gasteiger partial charge in [-0.2, -0.15) is 18.3 Å². The largest absolute Gasteiger partial charge is 0.413 e. The summed E-state index contributed by atoms with van der Waals surface area (Å²) in [6, 6.07) is 2.43. The summed E-state index contributed by atoms with van der Waals surface area (Å²) < 4.78 is 44.4. The fourth-order valence-corrected chi connectivity index (χ4v) is 5.55. The van der Waals surface area contributed by atoms with Crippen molar-refractivity contribution in [3.05, 3.63) is 47.0 Å². The van der Waals surface area contributed by atoms with Crippen molar-refractivity contribution in [1.82, 2.24) is 29.4 Å². The zero-order valence-electron chi connectivity index (χ0n) is 21.0. The quantitative estimate of drug-likeness (QED) is 0.485. The van der Waals surface area contributed by atoms with Gasteiger partial charge in [-0.1, -0.05) is 17.7 Å². The zero-order chi connectivity index (χ0) is 27.2. The van der Waals surface area contributed by atoms with Gasteiger partial charge in [-0.25, -0.2) is 14.5 Å². The first-order valence-corrected chi connectivity index (χ1v) is 12.8. The predicted molar refractivity (Wildman–Crippen MR) is 134 cm³/mol. The summed E-state index contributed by atoms with van der Waals surface area (Å²) in [6.07, 6.45) is 0.386. The monoisotopic (exact) mass is 549 g/mol. The molecular weight excluding hydrogens is 523 g/mol. The number of alkyl halides is 3. The van der Waals surface area contributed by atoms with Gasteiger partial charge in [0.15, 0.2) is 16.8 Å². The molecule has 0 aromatic carbocycles. The lowest BCUT2D eigenvalue weighted by molar-refractivity contribution is -0.191. The molecule has 2 aliphatic rings. The minimum absolute atomic E-state index is 0.103. The van der Waals surface area contributed by atoms with Crippen molar-refractivity contribution in [2.75, 3.05) is 31.6 Å². The van der Waals surface area contributed by atoms with Crippen molar-refractivity contribution in [3.8, 4) is 0 Å². The van der Waals surface area contributed by atoms with Crippen molar-refractivity contribution in [2.45, 2.75) is 44.8 Å². The molecule has 5 heterocycles. The molecule has 0 N–H and O–H groups in total. The van der Waals surface area contributed by atoms with Crippen LogP contribution in [0.1, 0.15) is 43.5 Å². The summed E-state index contributed by atoms with van der Waals surface area (Å²) in [5.41, 5.74) is 2.16. The second-order valence-electron chi connectivity index (χ2n) is 9.71. The van der Waals surface area contributed by atoms with Crippen LogP contribution in [0.5, 0.6) is 0 Å². The SMILES string of the molecule is CC(=O)N1CCC(C(=O)N(C)[C@@H](c2ccc(N3CCCc4c3cnc3cc(Cl)nn43)nc2)C(F)(F)F)CC1. The van der Waals surface area contributed by atoms with Crippen LogP contribution in [-0.2, 0) is 16.0 Å². The molecule has 3 aromatic heterocycles. The van der Waals surface area contributed by atoms with Gasteiger partial charge >= 0.3 is 6.18 Å². The molecule has 38 heavy (non-hydrogen) atoms. The number of pyridine rings is 1. The molecule has 1 atom stereocenters. The van der Waals surface area contributed by atoms with Crippen molar-refractivity contribution >= 4 is 40.6 Å². The van der Waals surface area contributed by atoms with Crippen molar-refractivity contribution in [2.24, 2.45) is 5.92 Å². The van der Waals surface area contributed by atoms with Crippen LogP contribution in [0.25, 0.3) is 5.65 Å². The van der Waals surface area contributed by atoms with Crippen molar-refractivity contribution < 1.29 is 22.8 Å². The second-order valence-corrected chi connectivity index (χ2v) is 10.1. The molecule has 0 bridgehead atoms. The van der Waals surface area contributed by atoms with E-state index >= 15 is 0 Å². The number of anilines is 2. The number of carbonyl (C=O) groups excluding carboxylic acids is 2. The number of likely N-dealkylation sites (tertiary alicyclic amines) is 1. The zero-order valence-corrected chi connectivity index (χ0v) is 21.7. The first-order chi connectivity index (χ1) is 18.0. The molecule has 9 nitrogen and oxygen atoms in total. The highest BCUT2D eigenvalue weighted by molar-refractivity contribution is 6.29. The maximum atomic E-state index is 14.2. The molecule has 0 radical (unpaired) electrons. The molecule has 2 amide bonds. The summed E-state index contributed by atoms with van der Waals surface area (Å²) in [5.74, 6) is -0.788. The van der Waals surface area contributed by atoms with Crippen LogP contribution in [0.4, 0.5) is 24.7 Å². The van der Waals surface area contributed by atoms with Gasteiger partial charge in [-0.3, -0.25) is 9.59 Å². The Balaban J connectivity index is 1.38. The Morgan fingerprint density at radius 1 is 1.13 bits per heavy atom. The van der Waals surface area contributed by atoms with Crippen LogP contribution < -0.4 is 4.90 Å². The van der Waals surface area contributed by atoms with E-state index in [-0.39, 0.29) is 11.5 Å². The molecule has 13 heteroatoms. The van der Waals surface area contributed by atoms with Gasteiger partial charge in [0.25, 0.3) is 0 Å². The van der Waals surface area contributed by atoms with E-state index < -0.39 is 24.0 Å². The van der Waals surface area contributed by atoms with Gasteiger partial charge in [-0.05, 0) is 31.7 Å². The molecule has 1 fully saturated rings. The Hall–Kier alpha value is -3.41. The Labute approximate surface area is 222 Å². The molecule has 0 saturated carbocycles. The minimum Gasteiger partial charge on any atom is -0.343 e. The normalized spacial score (nSPS) is 17.4. The molecule has 2 aliphatic heterocycles. The summed E-state index contributed by atoms with van der Waals surface area (Å²) in [4.78, 5) is 37.7. The number of hydrogen-bond donors (Lipinski definition) is 0. The van der Waals surface area contributed by atoms with Crippen LogP contribution >= 0.6 is 11.6 Å². The molecule has 202 valence electrons. The average Bonchev–Trinajstić information content (AvgIpc) is 3.28. The maximum Gasteiger partial charge on any atom is 0.413 e. The van der Waals surface area contributed by atoms with E-state index in [0.717, 1.165) is 29.1 Å². The van der Waals surface area contributed by atoms with Crippen LogP contribution in [0.3, 0.4) is 0 Å². The van der Waals surface area contributed by atoms with Gasteiger partial charge in [0.05, 0.1) is 17.6 Å². The van der Waals surface area contributed by atoms with Gasteiger partial charge in [0, 0.05) is 57.4 Å². The lowest BCUT2D eigenvalue weighted by atomic mass is 9.94. The van der Waals surface area contributed by atoms with Crippen LogP contribution in [0.2, 0.25) is 5.15 Å². The van der Waals surface area contributed by atoms with E-state index in [1.807, 2.05) is 4.90 Å². The number of rotatable bonds is 4. The highest BCUT2D eigenvalue weighted by atomic mass is 35.5. The lowest BCUT2D eigenvalue weighted by Crippen LogP contribution is -2.46. The Morgan fingerprint density at radius 3 is 2.50 bits per heavy atom. The van der Waals surface area contributed by atoms with E-state index in [1.54, 1.807) is 21.7 Å². The first kappa shape index (κ1) is 26.2. The van der Waals surface area contributed by atoms with E-state index in [0.29, 0.717) is 49.1 Å². The average molecular weight is 550 g/mol. The topological polar surface area (TPSA) is 86.9 Å². The van der Waals surface area contributed by atoms with Gasteiger partial charge < -0.3 is 14.7 Å². The Kier molecular flexibility index (Phi) is 6.93. The summed E-state index contributed by atoms with van der Waals surface area (Å²) in [6.45, 7) is 2.77. The lowest BCUT2D eigenvalue weighted by Gasteiger charge is -2.36.